The number of furan rings is 1. The number of rotatable bonds is 8. The van der Waals surface area contributed by atoms with Crippen LogP contribution in [0.2, 0.25) is 0 Å². The average Bonchev–Trinajstić information content (AvgIpc) is 3.15. The first-order valence-corrected chi connectivity index (χ1v) is 8.13. The Balaban J connectivity index is 1.78. The number of benzene rings is 1. The van der Waals surface area contributed by atoms with Crippen molar-refractivity contribution in [3.63, 3.8) is 0 Å². The van der Waals surface area contributed by atoms with Crippen LogP contribution < -0.4 is 10.6 Å². The van der Waals surface area contributed by atoms with Gasteiger partial charge in [0.05, 0.1) is 25.0 Å². The van der Waals surface area contributed by atoms with Gasteiger partial charge in [0.1, 0.15) is 11.9 Å². The van der Waals surface area contributed by atoms with Gasteiger partial charge in [-0.2, -0.15) is 0 Å². The normalized spacial score (nSPS) is 11.6. The van der Waals surface area contributed by atoms with Crippen molar-refractivity contribution in [1.29, 1.82) is 0 Å². The van der Waals surface area contributed by atoms with Crippen molar-refractivity contribution in [2.75, 3.05) is 18.5 Å². The molecule has 1 heterocycles. The van der Waals surface area contributed by atoms with Crippen molar-refractivity contribution in [2.45, 2.75) is 25.9 Å². The Hall–Kier alpha value is -2.80. The number of aliphatic hydroxyl groups excluding tert-OH is 1. The number of carbonyl (C=O) groups excluding carboxylic acids is 2. The maximum atomic E-state index is 11.8. The van der Waals surface area contributed by atoms with Crippen LogP contribution in [0.4, 0.5) is 10.5 Å². The SMILES string of the molecule is CCCCOC(=O)c1ccc(NC(=O)NCC(O)c2ccco2)cc1. The van der Waals surface area contributed by atoms with Crippen molar-refractivity contribution in [1.82, 2.24) is 5.32 Å². The standard InChI is InChI=1S/C18H22N2O5/c1-2-3-10-25-17(22)13-6-8-14(9-7-13)20-18(23)19-12-15(21)16-5-4-11-24-16/h4-9,11,15,21H,2-3,10,12H2,1H3,(H2,19,20,23). The van der Waals surface area contributed by atoms with E-state index in [1.807, 2.05) is 6.92 Å². The molecule has 0 saturated carbocycles. The summed E-state index contributed by atoms with van der Waals surface area (Å²) in [6.07, 6.45) is 2.32. The number of esters is 1. The monoisotopic (exact) mass is 346 g/mol. The van der Waals surface area contributed by atoms with Crippen LogP contribution in [0.1, 0.15) is 42.0 Å². The third-order valence-electron chi connectivity index (χ3n) is 3.44. The molecule has 2 rings (SSSR count). The van der Waals surface area contributed by atoms with Gasteiger partial charge in [0.15, 0.2) is 0 Å². The van der Waals surface area contributed by atoms with Crippen LogP contribution >= 0.6 is 0 Å². The van der Waals surface area contributed by atoms with Crippen molar-refractivity contribution >= 4 is 17.7 Å². The van der Waals surface area contributed by atoms with Gasteiger partial charge in [0.2, 0.25) is 0 Å². The molecule has 0 saturated heterocycles. The maximum absolute atomic E-state index is 11.8. The second-order valence-electron chi connectivity index (χ2n) is 5.43. The van der Waals surface area contributed by atoms with Crippen LogP contribution in [0, 0.1) is 0 Å². The Kier molecular flexibility index (Phi) is 7.03. The number of hydrogen-bond acceptors (Lipinski definition) is 5. The Labute approximate surface area is 146 Å². The minimum absolute atomic E-state index is 0.0151. The minimum atomic E-state index is -0.916. The molecule has 25 heavy (non-hydrogen) atoms. The van der Waals surface area contributed by atoms with Crippen LogP contribution in [0.3, 0.4) is 0 Å². The first-order valence-electron chi connectivity index (χ1n) is 8.13. The predicted octanol–water partition coefficient (Wildman–Crippen LogP) is 3.09. The number of carbonyl (C=O) groups is 2. The van der Waals surface area contributed by atoms with Gasteiger partial charge in [0, 0.05) is 5.69 Å². The van der Waals surface area contributed by atoms with E-state index in [-0.39, 0.29) is 12.5 Å². The third-order valence-corrected chi connectivity index (χ3v) is 3.44. The fourth-order valence-corrected chi connectivity index (χ4v) is 2.03. The van der Waals surface area contributed by atoms with E-state index in [2.05, 4.69) is 10.6 Å². The van der Waals surface area contributed by atoms with Crippen molar-refractivity contribution < 1.29 is 23.8 Å². The van der Waals surface area contributed by atoms with Gasteiger partial charge in [-0.3, -0.25) is 0 Å². The summed E-state index contributed by atoms with van der Waals surface area (Å²) < 4.78 is 10.2. The molecule has 2 amide bonds. The van der Waals surface area contributed by atoms with Gasteiger partial charge < -0.3 is 24.9 Å². The molecule has 0 radical (unpaired) electrons. The highest BCUT2D eigenvalue weighted by Gasteiger charge is 2.12. The molecule has 0 fully saturated rings. The second kappa shape index (κ2) is 9.48. The van der Waals surface area contributed by atoms with Gasteiger partial charge in [-0.15, -0.1) is 0 Å². The van der Waals surface area contributed by atoms with E-state index in [0.29, 0.717) is 23.6 Å². The molecule has 0 aliphatic heterocycles. The summed E-state index contributed by atoms with van der Waals surface area (Å²) in [5.41, 5.74) is 0.949. The maximum Gasteiger partial charge on any atom is 0.338 e. The lowest BCUT2D eigenvalue weighted by molar-refractivity contribution is 0.0500. The van der Waals surface area contributed by atoms with Crippen molar-refractivity contribution in [2.24, 2.45) is 0 Å². The summed E-state index contributed by atoms with van der Waals surface area (Å²) in [6.45, 7) is 2.43. The minimum Gasteiger partial charge on any atom is -0.467 e. The number of anilines is 1. The molecule has 0 spiro atoms. The Bertz CT molecular complexity index is 667. The van der Waals surface area contributed by atoms with Crippen LogP contribution in [-0.4, -0.2) is 30.3 Å². The lowest BCUT2D eigenvalue weighted by Crippen LogP contribution is -2.32. The number of nitrogens with one attached hydrogen (secondary N) is 2. The molecule has 1 aromatic heterocycles. The summed E-state index contributed by atoms with van der Waals surface area (Å²) in [7, 11) is 0. The molecular weight excluding hydrogens is 324 g/mol. The van der Waals surface area contributed by atoms with E-state index in [9.17, 15) is 14.7 Å². The van der Waals surface area contributed by atoms with E-state index in [4.69, 9.17) is 9.15 Å². The smallest absolute Gasteiger partial charge is 0.338 e. The number of ether oxygens (including phenoxy) is 1. The molecule has 7 nitrogen and oxygen atoms in total. The fraction of sp³-hybridized carbons (Fsp3) is 0.333. The van der Waals surface area contributed by atoms with Gasteiger partial charge in [-0.1, -0.05) is 13.3 Å². The average molecular weight is 346 g/mol. The van der Waals surface area contributed by atoms with E-state index < -0.39 is 12.1 Å². The zero-order valence-electron chi connectivity index (χ0n) is 14.0. The van der Waals surface area contributed by atoms with Gasteiger partial charge in [0.25, 0.3) is 0 Å². The molecule has 0 bridgehead atoms. The molecule has 0 aliphatic carbocycles. The Morgan fingerprint density at radius 2 is 2.00 bits per heavy atom. The first kappa shape index (κ1) is 18.5. The highest BCUT2D eigenvalue weighted by atomic mass is 16.5. The number of urea groups is 1. The summed E-state index contributed by atoms with van der Waals surface area (Å²) in [4.78, 5) is 23.6. The lowest BCUT2D eigenvalue weighted by Gasteiger charge is -2.11. The largest absolute Gasteiger partial charge is 0.467 e. The number of unbranched alkanes of at least 4 members (excludes halogenated alkanes) is 1. The fourth-order valence-electron chi connectivity index (χ4n) is 2.03. The second-order valence-corrected chi connectivity index (χ2v) is 5.43. The summed E-state index contributed by atoms with van der Waals surface area (Å²) >= 11 is 0. The molecule has 134 valence electrons. The van der Waals surface area contributed by atoms with Crippen molar-refractivity contribution in [3.05, 3.63) is 54.0 Å². The zero-order chi connectivity index (χ0) is 18.1. The summed E-state index contributed by atoms with van der Waals surface area (Å²) in [5, 5.41) is 15.0. The lowest BCUT2D eigenvalue weighted by atomic mass is 10.2. The van der Waals surface area contributed by atoms with Gasteiger partial charge in [-0.05, 0) is 42.8 Å². The highest BCUT2D eigenvalue weighted by molar-refractivity contribution is 5.92. The van der Waals surface area contributed by atoms with Crippen LogP contribution in [0.5, 0.6) is 0 Å². The predicted molar refractivity (Wildman–Crippen MR) is 92.3 cm³/mol. The quantitative estimate of drug-likeness (QED) is 0.504. The highest BCUT2D eigenvalue weighted by Crippen LogP contribution is 2.13. The summed E-state index contributed by atoms with van der Waals surface area (Å²) in [6, 6.07) is 9.21. The zero-order valence-corrected chi connectivity index (χ0v) is 14.0. The van der Waals surface area contributed by atoms with Crippen LogP contribution in [0.15, 0.2) is 47.1 Å². The first-order chi connectivity index (χ1) is 12.1. The Morgan fingerprint density at radius 1 is 1.24 bits per heavy atom. The van der Waals surface area contributed by atoms with Crippen LogP contribution in [-0.2, 0) is 4.74 Å². The molecular formula is C18H22N2O5. The van der Waals surface area contributed by atoms with Crippen molar-refractivity contribution in [3.8, 4) is 0 Å². The van der Waals surface area contributed by atoms with E-state index in [0.717, 1.165) is 12.8 Å². The van der Waals surface area contributed by atoms with E-state index in [1.165, 1.54) is 6.26 Å². The van der Waals surface area contributed by atoms with Crippen LogP contribution in [0.25, 0.3) is 0 Å². The number of amides is 2. The van der Waals surface area contributed by atoms with Gasteiger partial charge in [-0.25, -0.2) is 9.59 Å². The Morgan fingerprint density at radius 3 is 2.64 bits per heavy atom. The number of aliphatic hydroxyl groups is 1. The number of hydrogen-bond donors (Lipinski definition) is 3. The molecule has 3 N–H and O–H groups in total. The molecule has 1 atom stereocenters. The summed E-state index contributed by atoms with van der Waals surface area (Å²) in [5.74, 6) is -0.00254. The third kappa shape index (κ3) is 5.96. The van der Waals surface area contributed by atoms with E-state index >= 15 is 0 Å². The van der Waals surface area contributed by atoms with Gasteiger partial charge >= 0.3 is 12.0 Å². The molecule has 1 unspecified atom stereocenters. The molecule has 1 aromatic carbocycles. The molecule has 0 aliphatic rings. The molecule has 7 heteroatoms. The topological polar surface area (TPSA) is 101 Å². The molecule has 2 aromatic rings. The van der Waals surface area contributed by atoms with E-state index in [1.54, 1.807) is 36.4 Å².